The third-order valence-electron chi connectivity index (χ3n) is 3.04. The van der Waals surface area contributed by atoms with Crippen molar-refractivity contribution in [2.45, 2.75) is 31.8 Å². The lowest BCUT2D eigenvalue weighted by Gasteiger charge is -2.34. The third-order valence-corrected chi connectivity index (χ3v) is 3.04. The van der Waals surface area contributed by atoms with Gasteiger partial charge >= 0.3 is 0 Å². The second-order valence-electron chi connectivity index (χ2n) is 4.28. The van der Waals surface area contributed by atoms with Crippen LogP contribution >= 0.6 is 0 Å². The molecule has 3 N–H and O–H groups in total. The molecule has 2 rings (SSSR count). The van der Waals surface area contributed by atoms with Crippen LogP contribution in [0.1, 0.15) is 18.4 Å². The van der Waals surface area contributed by atoms with Gasteiger partial charge in [0.1, 0.15) is 0 Å². The van der Waals surface area contributed by atoms with Crippen LogP contribution < -0.4 is 11.1 Å². The molecule has 0 saturated heterocycles. The van der Waals surface area contributed by atoms with Crippen molar-refractivity contribution in [1.29, 1.82) is 0 Å². The Kier molecular flexibility index (Phi) is 2.78. The summed E-state index contributed by atoms with van der Waals surface area (Å²) in [5.74, 6) is 0. The molecule has 0 bridgehead atoms. The number of anilines is 1. The SMILES string of the molecule is Cc1c(NC2CC(N)C2)cccc1[N+](=O)[O-]. The van der Waals surface area contributed by atoms with E-state index in [1.165, 1.54) is 6.07 Å². The lowest BCUT2D eigenvalue weighted by molar-refractivity contribution is -0.385. The fraction of sp³-hybridized carbons (Fsp3) is 0.455. The number of nitrogens with zero attached hydrogens (tertiary/aromatic N) is 1. The van der Waals surface area contributed by atoms with Gasteiger partial charge < -0.3 is 11.1 Å². The standard InChI is InChI=1S/C11H15N3O2/c1-7-10(13-9-5-8(12)6-9)3-2-4-11(7)14(15)16/h2-4,8-9,13H,5-6,12H2,1H3. The van der Waals surface area contributed by atoms with Crippen molar-refractivity contribution in [2.24, 2.45) is 5.73 Å². The summed E-state index contributed by atoms with van der Waals surface area (Å²) in [5, 5.41) is 14.0. The Hall–Kier alpha value is -1.62. The van der Waals surface area contributed by atoms with Gasteiger partial charge in [-0.1, -0.05) is 6.07 Å². The molecule has 5 heteroatoms. The minimum Gasteiger partial charge on any atom is -0.382 e. The number of hydrogen-bond acceptors (Lipinski definition) is 4. The van der Waals surface area contributed by atoms with E-state index in [4.69, 9.17) is 5.73 Å². The number of nitro groups is 1. The van der Waals surface area contributed by atoms with Crippen molar-refractivity contribution in [3.05, 3.63) is 33.9 Å². The maximum Gasteiger partial charge on any atom is 0.274 e. The molecule has 0 spiro atoms. The van der Waals surface area contributed by atoms with Crippen LogP contribution in [0.4, 0.5) is 11.4 Å². The molecule has 0 radical (unpaired) electrons. The Morgan fingerprint density at radius 2 is 2.19 bits per heavy atom. The quantitative estimate of drug-likeness (QED) is 0.602. The van der Waals surface area contributed by atoms with Crippen LogP contribution in [0.3, 0.4) is 0 Å². The summed E-state index contributed by atoms with van der Waals surface area (Å²) in [5.41, 5.74) is 7.38. The van der Waals surface area contributed by atoms with E-state index in [2.05, 4.69) is 5.32 Å². The van der Waals surface area contributed by atoms with Gasteiger partial charge in [-0.05, 0) is 25.8 Å². The molecule has 1 aromatic carbocycles. The van der Waals surface area contributed by atoms with E-state index in [9.17, 15) is 10.1 Å². The van der Waals surface area contributed by atoms with Crippen LogP contribution in [-0.2, 0) is 0 Å². The summed E-state index contributed by atoms with van der Waals surface area (Å²) >= 11 is 0. The summed E-state index contributed by atoms with van der Waals surface area (Å²) in [6, 6.07) is 5.72. The maximum absolute atomic E-state index is 10.8. The Morgan fingerprint density at radius 3 is 2.75 bits per heavy atom. The number of nitrogens with one attached hydrogen (secondary N) is 1. The highest BCUT2D eigenvalue weighted by Crippen LogP contribution is 2.29. The number of benzene rings is 1. The van der Waals surface area contributed by atoms with E-state index < -0.39 is 0 Å². The molecule has 86 valence electrons. The van der Waals surface area contributed by atoms with Gasteiger partial charge in [-0.2, -0.15) is 0 Å². The summed E-state index contributed by atoms with van der Waals surface area (Å²) in [6.07, 6.45) is 1.87. The Bertz CT molecular complexity index is 414. The highest BCUT2D eigenvalue weighted by molar-refractivity contribution is 5.60. The maximum atomic E-state index is 10.8. The van der Waals surface area contributed by atoms with Crippen LogP contribution in [-0.4, -0.2) is 17.0 Å². The number of rotatable bonds is 3. The van der Waals surface area contributed by atoms with Crippen molar-refractivity contribution < 1.29 is 4.92 Å². The smallest absolute Gasteiger partial charge is 0.274 e. The van der Waals surface area contributed by atoms with E-state index in [1.807, 2.05) is 6.07 Å². The Morgan fingerprint density at radius 1 is 1.50 bits per heavy atom. The number of nitrogens with two attached hydrogens (primary N) is 1. The van der Waals surface area contributed by atoms with Gasteiger partial charge in [-0.15, -0.1) is 0 Å². The van der Waals surface area contributed by atoms with Gasteiger partial charge in [0.2, 0.25) is 0 Å². The van der Waals surface area contributed by atoms with Crippen LogP contribution in [0.5, 0.6) is 0 Å². The summed E-state index contributed by atoms with van der Waals surface area (Å²) in [6.45, 7) is 1.76. The molecule has 0 aliphatic heterocycles. The summed E-state index contributed by atoms with van der Waals surface area (Å²) < 4.78 is 0. The first-order valence-electron chi connectivity index (χ1n) is 5.34. The zero-order valence-electron chi connectivity index (χ0n) is 9.14. The first kappa shape index (κ1) is 10.9. The fourth-order valence-electron chi connectivity index (χ4n) is 1.98. The van der Waals surface area contributed by atoms with Gasteiger partial charge in [-0.25, -0.2) is 0 Å². The fourth-order valence-corrected chi connectivity index (χ4v) is 1.98. The molecular weight excluding hydrogens is 206 g/mol. The van der Waals surface area contributed by atoms with Gasteiger partial charge in [-0.3, -0.25) is 10.1 Å². The van der Waals surface area contributed by atoms with Crippen molar-refractivity contribution in [3.8, 4) is 0 Å². The Balaban J connectivity index is 2.15. The molecule has 0 unspecified atom stereocenters. The van der Waals surface area contributed by atoms with Crippen molar-refractivity contribution in [3.63, 3.8) is 0 Å². The summed E-state index contributed by atoms with van der Waals surface area (Å²) in [7, 11) is 0. The average Bonchev–Trinajstić information content (AvgIpc) is 2.18. The molecule has 5 nitrogen and oxygen atoms in total. The summed E-state index contributed by atoms with van der Waals surface area (Å²) in [4.78, 5) is 10.4. The second kappa shape index (κ2) is 4.09. The molecule has 16 heavy (non-hydrogen) atoms. The first-order valence-corrected chi connectivity index (χ1v) is 5.34. The molecule has 1 aliphatic rings. The molecule has 1 aromatic rings. The van der Waals surface area contributed by atoms with Gasteiger partial charge in [0.25, 0.3) is 5.69 Å². The topological polar surface area (TPSA) is 81.2 Å². The van der Waals surface area contributed by atoms with E-state index in [0.29, 0.717) is 11.6 Å². The predicted molar refractivity (Wildman–Crippen MR) is 62.5 cm³/mol. The monoisotopic (exact) mass is 221 g/mol. The molecule has 1 fully saturated rings. The van der Waals surface area contributed by atoms with E-state index >= 15 is 0 Å². The number of nitro benzene ring substituents is 1. The molecule has 0 atom stereocenters. The highest BCUT2D eigenvalue weighted by atomic mass is 16.6. The third kappa shape index (κ3) is 1.99. The van der Waals surface area contributed by atoms with E-state index in [-0.39, 0.29) is 16.7 Å². The van der Waals surface area contributed by atoms with Gasteiger partial charge in [0, 0.05) is 29.4 Å². The zero-order chi connectivity index (χ0) is 11.7. The van der Waals surface area contributed by atoms with Crippen LogP contribution in [0, 0.1) is 17.0 Å². The lowest BCUT2D eigenvalue weighted by atomic mass is 9.87. The van der Waals surface area contributed by atoms with E-state index in [1.54, 1.807) is 13.0 Å². The largest absolute Gasteiger partial charge is 0.382 e. The predicted octanol–water partition coefficient (Wildman–Crippen LogP) is 1.80. The van der Waals surface area contributed by atoms with Crippen molar-refractivity contribution in [1.82, 2.24) is 0 Å². The molecule has 0 amide bonds. The van der Waals surface area contributed by atoms with Crippen molar-refractivity contribution in [2.75, 3.05) is 5.32 Å². The molecule has 1 aliphatic carbocycles. The molecule has 0 aromatic heterocycles. The van der Waals surface area contributed by atoms with Gasteiger partial charge in [0.05, 0.1) is 4.92 Å². The number of hydrogen-bond donors (Lipinski definition) is 2. The van der Waals surface area contributed by atoms with Crippen LogP contribution in [0.25, 0.3) is 0 Å². The van der Waals surface area contributed by atoms with Crippen molar-refractivity contribution >= 4 is 11.4 Å². The average molecular weight is 221 g/mol. The highest BCUT2D eigenvalue weighted by Gasteiger charge is 2.26. The second-order valence-corrected chi connectivity index (χ2v) is 4.28. The molecule has 0 heterocycles. The zero-order valence-corrected chi connectivity index (χ0v) is 9.14. The minimum atomic E-state index is -0.354. The van der Waals surface area contributed by atoms with E-state index in [0.717, 1.165) is 18.5 Å². The lowest BCUT2D eigenvalue weighted by Crippen LogP contribution is -2.44. The first-order chi connectivity index (χ1) is 7.58. The normalized spacial score (nSPS) is 23.6. The van der Waals surface area contributed by atoms with Gasteiger partial charge in [0.15, 0.2) is 0 Å². The molecule has 1 saturated carbocycles. The van der Waals surface area contributed by atoms with Crippen LogP contribution in [0.15, 0.2) is 18.2 Å². The molecular formula is C11H15N3O2. The Labute approximate surface area is 93.8 Å². The minimum absolute atomic E-state index is 0.161. The van der Waals surface area contributed by atoms with Crippen LogP contribution in [0.2, 0.25) is 0 Å².